The summed E-state index contributed by atoms with van der Waals surface area (Å²) in [4.78, 5) is 25.4. The van der Waals surface area contributed by atoms with E-state index in [0.29, 0.717) is 11.4 Å². The minimum absolute atomic E-state index is 0.0467. The Morgan fingerprint density at radius 3 is 2.52 bits per heavy atom. The first-order valence-corrected chi connectivity index (χ1v) is 9.68. The van der Waals surface area contributed by atoms with E-state index in [-0.39, 0.29) is 17.0 Å². The summed E-state index contributed by atoms with van der Waals surface area (Å²) < 4.78 is 6.46. The Labute approximate surface area is 170 Å². The fourth-order valence-corrected chi connectivity index (χ4v) is 3.05. The van der Waals surface area contributed by atoms with Crippen LogP contribution in [0.25, 0.3) is 5.69 Å². The number of anilines is 1. The van der Waals surface area contributed by atoms with Crippen LogP contribution in [0.5, 0.6) is 5.75 Å². The van der Waals surface area contributed by atoms with Gasteiger partial charge in [0.1, 0.15) is 0 Å². The van der Waals surface area contributed by atoms with E-state index in [1.807, 2.05) is 49.4 Å². The topological polar surface area (TPSA) is 73.2 Å². The summed E-state index contributed by atoms with van der Waals surface area (Å²) in [6, 6.07) is 16.4. The number of amides is 1. The van der Waals surface area contributed by atoms with Gasteiger partial charge >= 0.3 is 0 Å². The van der Waals surface area contributed by atoms with Gasteiger partial charge in [0.05, 0.1) is 18.9 Å². The Morgan fingerprint density at radius 1 is 1.14 bits per heavy atom. The zero-order valence-electron chi connectivity index (χ0n) is 16.9. The lowest BCUT2D eigenvalue weighted by atomic mass is 10.1. The molecule has 1 heterocycles. The van der Waals surface area contributed by atoms with E-state index in [2.05, 4.69) is 17.3 Å². The zero-order valence-corrected chi connectivity index (χ0v) is 16.9. The average molecular weight is 391 g/mol. The molecule has 6 nitrogen and oxygen atoms in total. The van der Waals surface area contributed by atoms with Crippen LogP contribution in [0, 0.1) is 6.92 Å². The van der Waals surface area contributed by atoms with Gasteiger partial charge in [-0.25, -0.2) is 0 Å². The fraction of sp³-hybridized carbons (Fsp3) is 0.261. The molecule has 0 aliphatic rings. The standard InChI is InChI=1S/C23H25N3O3/c1-4-5-9-17-11-13-18(14-12-17)24-23(28)22-20(29-3)15-21(27)26(25-22)19-10-7-6-8-16(19)2/h6-8,10-15H,4-5,9H2,1-3H3,(H,24,28). The summed E-state index contributed by atoms with van der Waals surface area (Å²) in [5.74, 6) is -0.303. The van der Waals surface area contributed by atoms with Gasteiger partial charge in [0.15, 0.2) is 11.4 Å². The first-order chi connectivity index (χ1) is 14.0. The third kappa shape index (κ3) is 4.71. The molecule has 0 aliphatic heterocycles. The smallest absolute Gasteiger partial charge is 0.279 e. The second-order valence-corrected chi connectivity index (χ2v) is 6.85. The van der Waals surface area contributed by atoms with Gasteiger partial charge in [-0.1, -0.05) is 43.7 Å². The molecule has 0 radical (unpaired) electrons. The molecule has 3 rings (SSSR count). The third-order valence-corrected chi connectivity index (χ3v) is 4.71. The lowest BCUT2D eigenvalue weighted by Crippen LogP contribution is -2.26. The Balaban J connectivity index is 1.91. The van der Waals surface area contributed by atoms with Gasteiger partial charge in [0, 0.05) is 5.69 Å². The molecule has 2 aromatic carbocycles. The van der Waals surface area contributed by atoms with Gasteiger partial charge in [-0.05, 0) is 49.1 Å². The largest absolute Gasteiger partial charge is 0.494 e. The summed E-state index contributed by atoms with van der Waals surface area (Å²) in [7, 11) is 1.41. The molecule has 3 aromatic rings. The SMILES string of the molecule is CCCCc1ccc(NC(=O)c2nn(-c3ccccc3C)c(=O)cc2OC)cc1. The minimum Gasteiger partial charge on any atom is -0.494 e. The molecule has 0 fully saturated rings. The molecule has 0 bridgehead atoms. The minimum atomic E-state index is -0.439. The molecule has 1 N–H and O–H groups in total. The van der Waals surface area contributed by atoms with Crippen molar-refractivity contribution < 1.29 is 9.53 Å². The number of aryl methyl sites for hydroxylation is 2. The molecule has 29 heavy (non-hydrogen) atoms. The number of aromatic nitrogens is 2. The van der Waals surface area contributed by atoms with E-state index < -0.39 is 5.91 Å². The number of ether oxygens (including phenoxy) is 1. The number of methoxy groups -OCH3 is 1. The van der Waals surface area contributed by atoms with Crippen LogP contribution in [0.15, 0.2) is 59.4 Å². The lowest BCUT2D eigenvalue weighted by molar-refractivity contribution is 0.101. The molecular formula is C23H25N3O3. The molecular weight excluding hydrogens is 366 g/mol. The normalized spacial score (nSPS) is 10.6. The van der Waals surface area contributed by atoms with E-state index in [0.717, 1.165) is 24.8 Å². The van der Waals surface area contributed by atoms with Crippen molar-refractivity contribution in [2.24, 2.45) is 0 Å². The third-order valence-electron chi connectivity index (χ3n) is 4.71. The van der Waals surface area contributed by atoms with E-state index in [1.54, 1.807) is 6.07 Å². The lowest BCUT2D eigenvalue weighted by Gasteiger charge is -2.13. The van der Waals surface area contributed by atoms with Crippen LogP contribution in [0.2, 0.25) is 0 Å². The summed E-state index contributed by atoms with van der Waals surface area (Å²) in [5, 5.41) is 7.13. The number of carbonyl (C=O) groups is 1. The monoisotopic (exact) mass is 391 g/mol. The maximum Gasteiger partial charge on any atom is 0.279 e. The van der Waals surface area contributed by atoms with Crippen molar-refractivity contribution in [3.8, 4) is 11.4 Å². The maximum absolute atomic E-state index is 12.9. The van der Waals surface area contributed by atoms with Crippen molar-refractivity contribution in [2.75, 3.05) is 12.4 Å². The second kappa shape index (κ2) is 9.19. The Bertz CT molecular complexity index is 1060. The predicted molar refractivity (Wildman–Crippen MR) is 114 cm³/mol. The number of para-hydroxylation sites is 1. The number of nitrogens with one attached hydrogen (secondary N) is 1. The summed E-state index contributed by atoms with van der Waals surface area (Å²) in [6.07, 6.45) is 3.29. The van der Waals surface area contributed by atoms with Gasteiger partial charge in [-0.2, -0.15) is 9.78 Å². The molecule has 1 aromatic heterocycles. The number of hydrogen-bond acceptors (Lipinski definition) is 4. The summed E-state index contributed by atoms with van der Waals surface area (Å²) in [5.41, 5.74) is 3.07. The number of benzene rings is 2. The second-order valence-electron chi connectivity index (χ2n) is 6.85. The number of hydrogen-bond donors (Lipinski definition) is 1. The van der Waals surface area contributed by atoms with Crippen LogP contribution < -0.4 is 15.6 Å². The Hall–Kier alpha value is -3.41. The highest BCUT2D eigenvalue weighted by atomic mass is 16.5. The van der Waals surface area contributed by atoms with Crippen molar-refractivity contribution in [1.82, 2.24) is 9.78 Å². The van der Waals surface area contributed by atoms with E-state index in [4.69, 9.17) is 4.74 Å². The highest BCUT2D eigenvalue weighted by Crippen LogP contribution is 2.18. The van der Waals surface area contributed by atoms with Crippen LogP contribution in [0.1, 0.15) is 41.4 Å². The van der Waals surface area contributed by atoms with Crippen LogP contribution in [-0.4, -0.2) is 22.8 Å². The van der Waals surface area contributed by atoms with Gasteiger partial charge in [-0.15, -0.1) is 0 Å². The first-order valence-electron chi connectivity index (χ1n) is 9.68. The van der Waals surface area contributed by atoms with Crippen LogP contribution in [-0.2, 0) is 6.42 Å². The predicted octanol–water partition coefficient (Wildman–Crippen LogP) is 4.14. The molecule has 6 heteroatoms. The van der Waals surface area contributed by atoms with Gasteiger partial charge in [0.25, 0.3) is 11.5 Å². The van der Waals surface area contributed by atoms with Gasteiger partial charge in [-0.3, -0.25) is 9.59 Å². The highest BCUT2D eigenvalue weighted by molar-refractivity contribution is 6.04. The molecule has 0 unspecified atom stereocenters. The number of rotatable bonds is 7. The van der Waals surface area contributed by atoms with Crippen molar-refractivity contribution in [2.45, 2.75) is 33.1 Å². The van der Waals surface area contributed by atoms with Gasteiger partial charge < -0.3 is 10.1 Å². The van der Waals surface area contributed by atoms with Crippen molar-refractivity contribution >= 4 is 11.6 Å². The summed E-state index contributed by atoms with van der Waals surface area (Å²) in [6.45, 7) is 4.04. The van der Waals surface area contributed by atoms with Crippen molar-refractivity contribution in [3.05, 3.63) is 81.8 Å². The van der Waals surface area contributed by atoms with Crippen molar-refractivity contribution in [1.29, 1.82) is 0 Å². The quantitative estimate of drug-likeness (QED) is 0.657. The van der Waals surface area contributed by atoms with E-state index >= 15 is 0 Å². The van der Waals surface area contributed by atoms with Crippen LogP contribution in [0.4, 0.5) is 5.69 Å². The number of nitrogens with zero attached hydrogens (tertiary/aromatic N) is 2. The average Bonchev–Trinajstić information content (AvgIpc) is 2.73. The Kier molecular flexibility index (Phi) is 6.44. The number of carbonyl (C=O) groups excluding carboxylic acids is 1. The summed E-state index contributed by atoms with van der Waals surface area (Å²) >= 11 is 0. The van der Waals surface area contributed by atoms with Crippen LogP contribution in [0.3, 0.4) is 0 Å². The molecule has 150 valence electrons. The molecule has 0 spiro atoms. The number of unbranched alkanes of at least 4 members (excludes halogenated alkanes) is 1. The van der Waals surface area contributed by atoms with Crippen LogP contribution >= 0.6 is 0 Å². The molecule has 0 aliphatic carbocycles. The molecule has 0 saturated carbocycles. The van der Waals surface area contributed by atoms with E-state index in [9.17, 15) is 9.59 Å². The molecule has 0 atom stereocenters. The molecule has 0 saturated heterocycles. The Morgan fingerprint density at radius 2 is 1.86 bits per heavy atom. The fourth-order valence-electron chi connectivity index (χ4n) is 3.05. The van der Waals surface area contributed by atoms with Crippen molar-refractivity contribution in [3.63, 3.8) is 0 Å². The highest BCUT2D eigenvalue weighted by Gasteiger charge is 2.19. The van der Waals surface area contributed by atoms with E-state index in [1.165, 1.54) is 23.4 Å². The maximum atomic E-state index is 12.9. The molecule has 1 amide bonds. The van der Waals surface area contributed by atoms with Gasteiger partial charge in [0.2, 0.25) is 0 Å². The zero-order chi connectivity index (χ0) is 20.8. The first kappa shape index (κ1) is 20.3.